The number of amides is 1. The first-order valence-electron chi connectivity index (χ1n) is 10.1. The highest BCUT2D eigenvalue weighted by atomic mass is 32.2. The van der Waals surface area contributed by atoms with Crippen molar-refractivity contribution in [3.8, 4) is 5.75 Å². The molecule has 1 aliphatic carbocycles. The summed E-state index contributed by atoms with van der Waals surface area (Å²) >= 11 is 0. The van der Waals surface area contributed by atoms with E-state index >= 15 is 0 Å². The van der Waals surface area contributed by atoms with Gasteiger partial charge < -0.3 is 10.1 Å². The molecule has 0 radical (unpaired) electrons. The molecule has 0 aromatic heterocycles. The average Bonchev–Trinajstić information content (AvgIpc) is 2.79. The Morgan fingerprint density at radius 2 is 1.68 bits per heavy atom. The molecule has 0 heterocycles. The standard InChI is InChI=1S/C24H24N2O4S/c1-30-20-13-15-21(16-14-20)31(28,29)26-19-11-9-18(10-12-19)24(27)25-23-8-4-6-17-5-2-3-7-22(17)23/h2-3,5,7,9-16,23,26H,4,6,8H2,1H3,(H,25,27). The van der Waals surface area contributed by atoms with Crippen molar-refractivity contribution in [2.75, 3.05) is 11.8 Å². The first-order chi connectivity index (χ1) is 15.0. The van der Waals surface area contributed by atoms with Crippen LogP contribution in [0, 0.1) is 0 Å². The number of benzene rings is 3. The zero-order chi connectivity index (χ0) is 21.8. The van der Waals surface area contributed by atoms with Crippen molar-refractivity contribution in [2.24, 2.45) is 0 Å². The highest BCUT2D eigenvalue weighted by Crippen LogP contribution is 2.29. The fourth-order valence-corrected chi connectivity index (χ4v) is 4.86. The second kappa shape index (κ2) is 8.81. The predicted molar refractivity (Wildman–Crippen MR) is 120 cm³/mol. The molecule has 7 heteroatoms. The van der Waals surface area contributed by atoms with Crippen LogP contribution in [0.25, 0.3) is 0 Å². The van der Waals surface area contributed by atoms with Gasteiger partial charge in [0.1, 0.15) is 5.75 Å². The van der Waals surface area contributed by atoms with Crippen molar-refractivity contribution < 1.29 is 17.9 Å². The van der Waals surface area contributed by atoms with Gasteiger partial charge in [-0.15, -0.1) is 0 Å². The number of anilines is 1. The Balaban J connectivity index is 1.44. The van der Waals surface area contributed by atoms with Crippen LogP contribution in [0.15, 0.2) is 77.7 Å². The fourth-order valence-electron chi connectivity index (χ4n) is 3.80. The molecular weight excluding hydrogens is 412 g/mol. The maximum absolute atomic E-state index is 12.7. The summed E-state index contributed by atoms with van der Waals surface area (Å²) in [7, 11) is -2.21. The number of carbonyl (C=O) groups is 1. The number of methoxy groups -OCH3 is 1. The first kappa shape index (κ1) is 20.9. The molecule has 3 aromatic rings. The van der Waals surface area contributed by atoms with Gasteiger partial charge >= 0.3 is 0 Å². The van der Waals surface area contributed by atoms with Gasteiger partial charge in [0.15, 0.2) is 0 Å². The molecule has 160 valence electrons. The minimum absolute atomic E-state index is 0.00861. The molecule has 4 rings (SSSR count). The molecule has 0 fully saturated rings. The minimum atomic E-state index is -3.73. The van der Waals surface area contributed by atoms with Gasteiger partial charge in [0.2, 0.25) is 0 Å². The summed E-state index contributed by atoms with van der Waals surface area (Å²) in [4.78, 5) is 12.9. The van der Waals surface area contributed by atoms with Crippen molar-refractivity contribution in [1.82, 2.24) is 5.32 Å². The third-order valence-electron chi connectivity index (χ3n) is 5.44. The lowest BCUT2D eigenvalue weighted by Gasteiger charge is -2.26. The molecule has 3 aromatic carbocycles. The molecule has 1 unspecified atom stereocenters. The highest BCUT2D eigenvalue weighted by molar-refractivity contribution is 7.92. The Hall–Kier alpha value is -3.32. The van der Waals surface area contributed by atoms with E-state index < -0.39 is 10.0 Å². The van der Waals surface area contributed by atoms with Gasteiger partial charge in [0.05, 0.1) is 18.0 Å². The van der Waals surface area contributed by atoms with Gasteiger partial charge in [-0.05, 0) is 78.9 Å². The largest absolute Gasteiger partial charge is 0.497 e. The number of aryl methyl sites for hydroxylation is 1. The van der Waals surface area contributed by atoms with E-state index in [-0.39, 0.29) is 16.8 Å². The molecule has 0 saturated heterocycles. The SMILES string of the molecule is COc1ccc(S(=O)(=O)Nc2ccc(C(=O)NC3CCCc4ccccc43)cc2)cc1. The number of ether oxygens (including phenoxy) is 1. The molecule has 1 amide bonds. The summed E-state index contributed by atoms with van der Waals surface area (Å²) in [5, 5.41) is 3.11. The summed E-state index contributed by atoms with van der Waals surface area (Å²) in [6, 6.07) is 20.7. The maximum Gasteiger partial charge on any atom is 0.261 e. The number of hydrogen-bond donors (Lipinski definition) is 2. The van der Waals surface area contributed by atoms with E-state index in [2.05, 4.69) is 22.2 Å². The monoisotopic (exact) mass is 436 g/mol. The van der Waals surface area contributed by atoms with Crippen LogP contribution in [0.1, 0.15) is 40.4 Å². The molecule has 1 aliphatic rings. The van der Waals surface area contributed by atoms with E-state index in [1.54, 1.807) is 36.4 Å². The quantitative estimate of drug-likeness (QED) is 0.603. The fraction of sp³-hybridized carbons (Fsp3) is 0.208. The van der Waals surface area contributed by atoms with Crippen molar-refractivity contribution in [3.63, 3.8) is 0 Å². The highest BCUT2D eigenvalue weighted by Gasteiger charge is 2.22. The maximum atomic E-state index is 12.7. The van der Waals surface area contributed by atoms with Crippen LogP contribution in [-0.4, -0.2) is 21.4 Å². The topological polar surface area (TPSA) is 84.5 Å². The average molecular weight is 437 g/mol. The van der Waals surface area contributed by atoms with Crippen molar-refractivity contribution in [2.45, 2.75) is 30.2 Å². The van der Waals surface area contributed by atoms with E-state index in [0.717, 1.165) is 19.3 Å². The second-order valence-electron chi connectivity index (χ2n) is 7.48. The molecular formula is C24H24N2O4S. The molecule has 0 aliphatic heterocycles. The van der Waals surface area contributed by atoms with Crippen LogP contribution in [0.2, 0.25) is 0 Å². The Morgan fingerprint density at radius 3 is 2.39 bits per heavy atom. The Morgan fingerprint density at radius 1 is 0.968 bits per heavy atom. The van der Waals surface area contributed by atoms with Gasteiger partial charge in [-0.25, -0.2) is 8.42 Å². The van der Waals surface area contributed by atoms with Gasteiger partial charge in [0, 0.05) is 11.3 Å². The summed E-state index contributed by atoms with van der Waals surface area (Å²) in [5.41, 5.74) is 3.32. The van der Waals surface area contributed by atoms with E-state index in [9.17, 15) is 13.2 Å². The lowest BCUT2D eigenvalue weighted by atomic mass is 9.87. The molecule has 0 saturated carbocycles. The molecule has 0 spiro atoms. The van der Waals surface area contributed by atoms with Crippen LogP contribution in [-0.2, 0) is 16.4 Å². The van der Waals surface area contributed by atoms with Crippen molar-refractivity contribution in [1.29, 1.82) is 0 Å². The number of nitrogens with one attached hydrogen (secondary N) is 2. The molecule has 31 heavy (non-hydrogen) atoms. The van der Waals surface area contributed by atoms with Crippen LogP contribution in [0.5, 0.6) is 5.75 Å². The number of rotatable bonds is 6. The van der Waals surface area contributed by atoms with E-state index in [4.69, 9.17) is 4.74 Å². The summed E-state index contributed by atoms with van der Waals surface area (Å²) in [6.07, 6.45) is 2.97. The van der Waals surface area contributed by atoms with E-state index in [0.29, 0.717) is 17.0 Å². The van der Waals surface area contributed by atoms with Crippen LogP contribution in [0.4, 0.5) is 5.69 Å². The smallest absolute Gasteiger partial charge is 0.261 e. The van der Waals surface area contributed by atoms with Gasteiger partial charge in [-0.3, -0.25) is 9.52 Å². The second-order valence-corrected chi connectivity index (χ2v) is 9.16. The zero-order valence-corrected chi connectivity index (χ0v) is 18.0. The molecule has 0 bridgehead atoms. The Kier molecular flexibility index (Phi) is 5.95. The minimum Gasteiger partial charge on any atom is -0.497 e. The van der Waals surface area contributed by atoms with Gasteiger partial charge in [-0.2, -0.15) is 0 Å². The molecule has 6 nitrogen and oxygen atoms in total. The van der Waals surface area contributed by atoms with Crippen LogP contribution < -0.4 is 14.8 Å². The number of hydrogen-bond acceptors (Lipinski definition) is 4. The van der Waals surface area contributed by atoms with Crippen LogP contribution in [0.3, 0.4) is 0 Å². The lowest BCUT2D eigenvalue weighted by Crippen LogP contribution is -2.30. The van der Waals surface area contributed by atoms with E-state index in [1.165, 1.54) is 30.4 Å². The normalized spacial score (nSPS) is 15.6. The number of sulfonamides is 1. The lowest BCUT2D eigenvalue weighted by molar-refractivity contribution is 0.0933. The van der Waals surface area contributed by atoms with Gasteiger partial charge in [0.25, 0.3) is 15.9 Å². The van der Waals surface area contributed by atoms with Crippen molar-refractivity contribution >= 4 is 21.6 Å². The third kappa shape index (κ3) is 4.72. The predicted octanol–water partition coefficient (Wildman–Crippen LogP) is 4.30. The first-order valence-corrected chi connectivity index (χ1v) is 11.6. The zero-order valence-electron chi connectivity index (χ0n) is 17.2. The van der Waals surface area contributed by atoms with Gasteiger partial charge in [-0.1, -0.05) is 24.3 Å². The molecule has 2 N–H and O–H groups in total. The van der Waals surface area contributed by atoms with Crippen LogP contribution >= 0.6 is 0 Å². The molecule has 1 atom stereocenters. The Labute approximate surface area is 182 Å². The van der Waals surface area contributed by atoms with E-state index in [1.807, 2.05) is 12.1 Å². The number of carbonyl (C=O) groups excluding carboxylic acids is 1. The summed E-state index contributed by atoms with van der Waals surface area (Å²) in [5.74, 6) is 0.404. The number of fused-ring (bicyclic) bond motifs is 1. The van der Waals surface area contributed by atoms with Crippen molar-refractivity contribution in [3.05, 3.63) is 89.5 Å². The Bertz CT molecular complexity index is 1170. The summed E-state index contributed by atoms with van der Waals surface area (Å²) < 4.78 is 32.7. The third-order valence-corrected chi connectivity index (χ3v) is 6.84. The summed E-state index contributed by atoms with van der Waals surface area (Å²) in [6.45, 7) is 0.